The van der Waals surface area contributed by atoms with Gasteiger partial charge in [0.2, 0.25) is 5.91 Å². The molecule has 0 aliphatic rings. The van der Waals surface area contributed by atoms with Crippen molar-refractivity contribution in [1.82, 2.24) is 14.1 Å². The molecule has 2 aromatic heterocycles. The predicted molar refractivity (Wildman–Crippen MR) is 112 cm³/mol. The molecule has 0 fully saturated rings. The number of fused-ring (bicyclic) bond motifs is 1. The van der Waals surface area contributed by atoms with E-state index >= 15 is 0 Å². The maximum absolute atomic E-state index is 13.3. The Morgan fingerprint density at radius 2 is 1.86 bits per heavy atom. The predicted octanol–water partition coefficient (Wildman–Crippen LogP) is 3.69. The summed E-state index contributed by atoms with van der Waals surface area (Å²) in [7, 11) is 0. The van der Waals surface area contributed by atoms with Crippen molar-refractivity contribution in [2.45, 2.75) is 11.4 Å². The fraction of sp³-hybridized carbons (Fsp3) is 0.0952. The van der Waals surface area contributed by atoms with Gasteiger partial charge in [-0.05, 0) is 54.8 Å². The molecule has 0 atom stereocenters. The summed E-state index contributed by atoms with van der Waals surface area (Å²) < 4.78 is 16.0. The lowest BCUT2D eigenvalue weighted by molar-refractivity contribution is -0.116. The van der Waals surface area contributed by atoms with Crippen LogP contribution in [0.25, 0.3) is 16.9 Å². The molecule has 0 saturated carbocycles. The van der Waals surface area contributed by atoms with Crippen LogP contribution in [-0.2, 0) is 11.3 Å². The summed E-state index contributed by atoms with van der Waals surface area (Å²) in [5, 5.41) is 2.86. The number of anilines is 1. The van der Waals surface area contributed by atoms with E-state index in [1.807, 2.05) is 30.5 Å². The highest BCUT2D eigenvalue weighted by Gasteiger charge is 2.18. The van der Waals surface area contributed by atoms with Crippen LogP contribution in [0.2, 0.25) is 0 Å². The van der Waals surface area contributed by atoms with Crippen LogP contribution in [0.4, 0.5) is 10.1 Å². The number of rotatable bonds is 5. The first kappa shape index (κ1) is 18.9. The van der Waals surface area contributed by atoms with Crippen molar-refractivity contribution in [3.05, 3.63) is 83.2 Å². The summed E-state index contributed by atoms with van der Waals surface area (Å²) in [5.74, 6) is -0.721. The number of pyridine rings is 1. The first-order valence-electron chi connectivity index (χ1n) is 8.83. The quantitative estimate of drug-likeness (QED) is 0.512. The molecule has 0 spiro atoms. The first-order valence-corrected chi connectivity index (χ1v) is 10.1. The van der Waals surface area contributed by atoms with Crippen LogP contribution in [0.5, 0.6) is 0 Å². The van der Waals surface area contributed by atoms with Crippen LogP contribution >= 0.6 is 11.8 Å². The molecule has 0 radical (unpaired) electrons. The molecular weight excluding hydrogens is 391 g/mol. The van der Waals surface area contributed by atoms with Crippen molar-refractivity contribution >= 4 is 34.5 Å². The molecule has 0 aliphatic carbocycles. The molecule has 6 nitrogen and oxygen atoms in total. The second kappa shape index (κ2) is 7.92. The highest BCUT2D eigenvalue weighted by molar-refractivity contribution is 7.98. The van der Waals surface area contributed by atoms with E-state index in [4.69, 9.17) is 0 Å². The molecule has 29 heavy (non-hydrogen) atoms. The largest absolute Gasteiger partial charge is 0.335 e. The Kier molecular flexibility index (Phi) is 5.18. The van der Waals surface area contributed by atoms with Gasteiger partial charge in [0.05, 0.1) is 16.9 Å². The van der Waals surface area contributed by atoms with E-state index in [0.29, 0.717) is 22.5 Å². The lowest BCUT2D eigenvalue weighted by atomic mass is 10.3. The van der Waals surface area contributed by atoms with Crippen LogP contribution < -0.4 is 11.0 Å². The molecule has 2 heterocycles. The molecule has 0 bridgehead atoms. The minimum atomic E-state index is -0.418. The summed E-state index contributed by atoms with van der Waals surface area (Å²) in [6, 6.07) is 16.5. The average molecular weight is 408 g/mol. The molecule has 0 aliphatic heterocycles. The number of carbonyl (C=O) groups is 1. The Balaban J connectivity index is 1.73. The SMILES string of the molecule is CSc1ccccc1NC(=O)Cn1c(=O)n(-c2ccc(F)cc2)c2ncccc21. The number of halogens is 1. The van der Waals surface area contributed by atoms with Crippen molar-refractivity contribution < 1.29 is 9.18 Å². The van der Waals surface area contributed by atoms with E-state index in [-0.39, 0.29) is 12.5 Å². The molecule has 4 aromatic rings. The molecule has 1 amide bonds. The van der Waals surface area contributed by atoms with Gasteiger partial charge in [-0.1, -0.05) is 12.1 Å². The highest BCUT2D eigenvalue weighted by Crippen LogP contribution is 2.24. The van der Waals surface area contributed by atoms with Gasteiger partial charge in [-0.15, -0.1) is 11.8 Å². The van der Waals surface area contributed by atoms with E-state index in [9.17, 15) is 14.0 Å². The van der Waals surface area contributed by atoms with E-state index < -0.39 is 11.5 Å². The van der Waals surface area contributed by atoms with Crippen molar-refractivity contribution in [2.75, 3.05) is 11.6 Å². The van der Waals surface area contributed by atoms with Crippen molar-refractivity contribution in [2.24, 2.45) is 0 Å². The van der Waals surface area contributed by atoms with Gasteiger partial charge in [-0.3, -0.25) is 9.36 Å². The number of para-hydroxylation sites is 1. The van der Waals surface area contributed by atoms with Crippen LogP contribution in [0.3, 0.4) is 0 Å². The first-order chi connectivity index (χ1) is 14.1. The zero-order valence-electron chi connectivity index (χ0n) is 15.5. The Hall–Kier alpha value is -3.39. The summed E-state index contributed by atoms with van der Waals surface area (Å²) in [4.78, 5) is 31.0. The van der Waals surface area contributed by atoms with Crippen LogP contribution in [0.1, 0.15) is 0 Å². The van der Waals surface area contributed by atoms with Gasteiger partial charge in [0.25, 0.3) is 0 Å². The molecule has 4 rings (SSSR count). The fourth-order valence-electron chi connectivity index (χ4n) is 3.14. The van der Waals surface area contributed by atoms with Gasteiger partial charge in [-0.25, -0.2) is 18.7 Å². The Morgan fingerprint density at radius 3 is 2.62 bits per heavy atom. The molecule has 8 heteroatoms. The number of nitrogens with zero attached hydrogens (tertiary/aromatic N) is 3. The second-order valence-electron chi connectivity index (χ2n) is 6.28. The smallest absolute Gasteiger partial charge is 0.324 e. The average Bonchev–Trinajstić information content (AvgIpc) is 3.01. The third-order valence-corrected chi connectivity index (χ3v) is 5.25. The Morgan fingerprint density at radius 1 is 1.10 bits per heavy atom. The molecule has 0 saturated heterocycles. The van der Waals surface area contributed by atoms with Gasteiger partial charge in [0.15, 0.2) is 5.65 Å². The zero-order chi connectivity index (χ0) is 20.4. The van der Waals surface area contributed by atoms with E-state index in [1.165, 1.54) is 45.2 Å². The topological polar surface area (TPSA) is 68.9 Å². The number of carbonyl (C=O) groups excluding carboxylic acids is 1. The van der Waals surface area contributed by atoms with Crippen molar-refractivity contribution in [3.8, 4) is 5.69 Å². The Labute approximate surface area is 170 Å². The van der Waals surface area contributed by atoms with Crippen molar-refractivity contribution in [3.63, 3.8) is 0 Å². The summed E-state index contributed by atoms with van der Waals surface area (Å²) in [5.41, 5.74) is 1.68. The standard InChI is InChI=1S/C21H17FN4O2S/c1-29-18-7-3-2-5-16(18)24-19(27)13-25-17-6-4-12-23-20(17)26(21(25)28)15-10-8-14(22)9-11-15/h2-12H,13H2,1H3,(H,24,27). The minimum Gasteiger partial charge on any atom is -0.324 e. The summed E-state index contributed by atoms with van der Waals surface area (Å²) in [6.07, 6.45) is 3.50. The number of benzene rings is 2. The molecule has 2 aromatic carbocycles. The normalized spacial score (nSPS) is 11.0. The van der Waals surface area contributed by atoms with Gasteiger partial charge in [0, 0.05) is 11.1 Å². The minimum absolute atomic E-state index is 0.169. The maximum atomic E-state index is 13.3. The van der Waals surface area contributed by atoms with Crippen LogP contribution in [0.15, 0.2) is 76.6 Å². The lowest BCUT2D eigenvalue weighted by Crippen LogP contribution is -2.29. The summed E-state index contributed by atoms with van der Waals surface area (Å²) >= 11 is 1.52. The van der Waals surface area contributed by atoms with Crippen LogP contribution in [-0.4, -0.2) is 26.3 Å². The van der Waals surface area contributed by atoms with Gasteiger partial charge >= 0.3 is 5.69 Å². The number of hydrogen-bond acceptors (Lipinski definition) is 4. The number of thioether (sulfide) groups is 1. The highest BCUT2D eigenvalue weighted by atomic mass is 32.2. The number of nitrogens with one attached hydrogen (secondary N) is 1. The van der Waals surface area contributed by atoms with Gasteiger partial charge < -0.3 is 5.32 Å². The van der Waals surface area contributed by atoms with Crippen molar-refractivity contribution in [1.29, 1.82) is 0 Å². The van der Waals surface area contributed by atoms with E-state index in [0.717, 1.165) is 4.90 Å². The molecule has 146 valence electrons. The maximum Gasteiger partial charge on any atom is 0.335 e. The fourth-order valence-corrected chi connectivity index (χ4v) is 3.70. The Bertz CT molecular complexity index is 1250. The third kappa shape index (κ3) is 3.66. The monoisotopic (exact) mass is 408 g/mol. The van der Waals surface area contributed by atoms with Crippen LogP contribution in [0, 0.1) is 5.82 Å². The van der Waals surface area contributed by atoms with E-state index in [2.05, 4.69) is 10.3 Å². The molecular formula is C21H17FN4O2S. The molecule has 1 N–H and O–H groups in total. The van der Waals surface area contributed by atoms with Gasteiger partial charge in [-0.2, -0.15) is 0 Å². The summed E-state index contributed by atoms with van der Waals surface area (Å²) in [6.45, 7) is -0.169. The van der Waals surface area contributed by atoms with Gasteiger partial charge in [0.1, 0.15) is 12.4 Å². The molecule has 0 unspecified atom stereocenters. The van der Waals surface area contributed by atoms with E-state index in [1.54, 1.807) is 18.3 Å². The number of hydrogen-bond donors (Lipinski definition) is 1. The lowest BCUT2D eigenvalue weighted by Gasteiger charge is -2.09. The number of amides is 1. The zero-order valence-corrected chi connectivity index (χ0v) is 16.3. The third-order valence-electron chi connectivity index (χ3n) is 4.46. The number of imidazole rings is 1. The number of aromatic nitrogens is 3. The second-order valence-corrected chi connectivity index (χ2v) is 7.12.